The zero-order valence-electron chi connectivity index (χ0n) is 15.0. The van der Waals surface area contributed by atoms with Crippen LogP contribution in [0.25, 0.3) is 0 Å². The number of hydrogen-bond donors (Lipinski definition) is 1. The van der Waals surface area contributed by atoms with Gasteiger partial charge in [-0.2, -0.15) is 5.10 Å². The average molecular weight is 352 g/mol. The molecule has 2 aromatic heterocycles. The van der Waals surface area contributed by atoms with Gasteiger partial charge in [-0.1, -0.05) is 35.5 Å². The normalized spacial score (nSPS) is 19.9. The van der Waals surface area contributed by atoms with Crippen molar-refractivity contribution in [2.45, 2.75) is 25.6 Å². The Bertz CT molecular complexity index is 827. The summed E-state index contributed by atoms with van der Waals surface area (Å²) < 4.78 is 9.71. The van der Waals surface area contributed by atoms with E-state index in [0.717, 1.165) is 43.9 Å². The summed E-state index contributed by atoms with van der Waals surface area (Å²) in [7, 11) is 1.94. The summed E-state index contributed by atoms with van der Waals surface area (Å²) in [6.45, 7) is 3.19. The Morgan fingerprint density at radius 3 is 2.92 bits per heavy atom. The van der Waals surface area contributed by atoms with Gasteiger partial charge in [-0.25, -0.2) is 4.68 Å². The van der Waals surface area contributed by atoms with Crippen molar-refractivity contribution in [1.29, 1.82) is 0 Å². The van der Waals surface area contributed by atoms with E-state index in [1.165, 1.54) is 5.56 Å². The van der Waals surface area contributed by atoms with E-state index in [2.05, 4.69) is 32.9 Å². The van der Waals surface area contributed by atoms with E-state index >= 15 is 0 Å². The summed E-state index contributed by atoms with van der Waals surface area (Å²) in [6, 6.07) is 10.3. The maximum atomic E-state index is 5.93. The molecular formula is C19H24N6O. The molecule has 1 saturated heterocycles. The highest BCUT2D eigenvalue weighted by Gasteiger charge is 2.30. The minimum atomic E-state index is 0.128. The Morgan fingerprint density at radius 1 is 1.23 bits per heavy atom. The quantitative estimate of drug-likeness (QED) is 0.704. The monoisotopic (exact) mass is 352 g/mol. The molecule has 2 atom stereocenters. The Kier molecular flexibility index (Phi) is 5.08. The van der Waals surface area contributed by atoms with Crippen molar-refractivity contribution in [2.75, 3.05) is 13.2 Å². The predicted octanol–water partition coefficient (Wildman–Crippen LogP) is 1.93. The van der Waals surface area contributed by atoms with Crippen LogP contribution in [0.2, 0.25) is 0 Å². The number of rotatable bonds is 7. The van der Waals surface area contributed by atoms with Gasteiger partial charge in [-0.3, -0.25) is 4.68 Å². The molecule has 1 aliphatic heterocycles. The molecule has 1 fully saturated rings. The zero-order valence-corrected chi connectivity index (χ0v) is 15.0. The summed E-state index contributed by atoms with van der Waals surface area (Å²) in [5.74, 6) is 0.456. The Labute approximate surface area is 153 Å². The molecule has 26 heavy (non-hydrogen) atoms. The largest absolute Gasteiger partial charge is 0.373 e. The highest BCUT2D eigenvalue weighted by Crippen LogP contribution is 2.33. The van der Waals surface area contributed by atoms with E-state index in [-0.39, 0.29) is 6.10 Å². The van der Waals surface area contributed by atoms with Gasteiger partial charge >= 0.3 is 0 Å². The van der Waals surface area contributed by atoms with E-state index in [9.17, 15) is 0 Å². The molecule has 3 aromatic rings. The van der Waals surface area contributed by atoms with Crippen molar-refractivity contribution in [3.05, 3.63) is 65.7 Å². The van der Waals surface area contributed by atoms with Crippen LogP contribution < -0.4 is 5.32 Å². The van der Waals surface area contributed by atoms with Gasteiger partial charge in [0.15, 0.2) is 0 Å². The van der Waals surface area contributed by atoms with Gasteiger partial charge in [-0.05, 0) is 12.0 Å². The maximum Gasteiger partial charge on any atom is 0.0896 e. The van der Waals surface area contributed by atoms with Crippen LogP contribution in [0.15, 0.2) is 48.9 Å². The Morgan fingerprint density at radius 2 is 2.12 bits per heavy atom. The number of ether oxygens (including phenoxy) is 1. The van der Waals surface area contributed by atoms with Crippen molar-refractivity contribution in [3.63, 3.8) is 0 Å². The van der Waals surface area contributed by atoms with Crippen LogP contribution in [0.4, 0.5) is 0 Å². The van der Waals surface area contributed by atoms with Gasteiger partial charge in [0.05, 0.1) is 30.7 Å². The molecule has 7 heteroatoms. The molecule has 0 amide bonds. The van der Waals surface area contributed by atoms with Crippen LogP contribution in [-0.4, -0.2) is 37.9 Å². The lowest BCUT2D eigenvalue weighted by Crippen LogP contribution is -2.25. The molecular weight excluding hydrogens is 328 g/mol. The third kappa shape index (κ3) is 3.84. The SMILES string of the molecule is Cn1cc([C@@H]2OCC[C@H]2CNCc2cnnn2Cc2ccccc2)cn1. The molecule has 7 nitrogen and oxygen atoms in total. The third-order valence-corrected chi connectivity index (χ3v) is 4.85. The fourth-order valence-corrected chi connectivity index (χ4v) is 3.49. The van der Waals surface area contributed by atoms with Gasteiger partial charge in [0.2, 0.25) is 0 Å². The summed E-state index contributed by atoms with van der Waals surface area (Å²) in [6.07, 6.45) is 6.97. The highest BCUT2D eigenvalue weighted by molar-refractivity contribution is 5.15. The first-order valence-electron chi connectivity index (χ1n) is 9.02. The molecule has 0 radical (unpaired) electrons. The minimum absolute atomic E-state index is 0.128. The van der Waals surface area contributed by atoms with Crippen LogP contribution in [-0.2, 0) is 24.9 Å². The smallest absolute Gasteiger partial charge is 0.0896 e. The molecule has 0 saturated carbocycles. The molecule has 1 N–H and O–H groups in total. The van der Waals surface area contributed by atoms with Crippen LogP contribution >= 0.6 is 0 Å². The molecule has 0 spiro atoms. The number of benzene rings is 1. The number of aryl methyl sites for hydroxylation is 1. The summed E-state index contributed by atoms with van der Waals surface area (Å²) in [4.78, 5) is 0. The van der Waals surface area contributed by atoms with Crippen LogP contribution in [0, 0.1) is 5.92 Å². The number of hydrogen-bond acceptors (Lipinski definition) is 5. The first-order chi connectivity index (χ1) is 12.8. The van der Waals surface area contributed by atoms with Gasteiger partial charge < -0.3 is 10.1 Å². The summed E-state index contributed by atoms with van der Waals surface area (Å²) >= 11 is 0. The van der Waals surface area contributed by atoms with Gasteiger partial charge in [0.25, 0.3) is 0 Å². The Balaban J connectivity index is 1.33. The lowest BCUT2D eigenvalue weighted by molar-refractivity contribution is 0.0903. The number of aromatic nitrogens is 5. The standard InChI is InChI=1S/C19H24N6O/c1-24-14-17(10-22-24)19-16(7-8-26-19)9-20-11-18-12-21-23-25(18)13-15-5-3-2-4-6-15/h2-6,10,12,14,16,19-20H,7-9,11,13H2,1H3/t16-,19+/m0/s1. The predicted molar refractivity (Wildman–Crippen MR) is 97.3 cm³/mol. The first kappa shape index (κ1) is 16.9. The maximum absolute atomic E-state index is 5.93. The number of nitrogens with one attached hydrogen (secondary N) is 1. The van der Waals surface area contributed by atoms with Crippen LogP contribution in [0.3, 0.4) is 0 Å². The molecule has 4 rings (SSSR count). The van der Waals surface area contributed by atoms with E-state index < -0.39 is 0 Å². The Hall–Kier alpha value is -2.51. The molecule has 0 aliphatic carbocycles. The second kappa shape index (κ2) is 7.80. The minimum Gasteiger partial charge on any atom is -0.373 e. The molecule has 1 aliphatic rings. The van der Waals surface area contributed by atoms with Crippen molar-refractivity contribution in [3.8, 4) is 0 Å². The van der Waals surface area contributed by atoms with E-state index in [1.807, 2.05) is 53.2 Å². The van der Waals surface area contributed by atoms with Crippen molar-refractivity contribution in [1.82, 2.24) is 30.1 Å². The van der Waals surface area contributed by atoms with Crippen LogP contribution in [0.5, 0.6) is 0 Å². The lowest BCUT2D eigenvalue weighted by Gasteiger charge is -2.18. The fraction of sp³-hybridized carbons (Fsp3) is 0.421. The molecule has 136 valence electrons. The number of nitrogens with zero attached hydrogens (tertiary/aromatic N) is 5. The third-order valence-electron chi connectivity index (χ3n) is 4.85. The van der Waals surface area contributed by atoms with Crippen LogP contribution in [0.1, 0.15) is 29.3 Å². The lowest BCUT2D eigenvalue weighted by atomic mass is 9.97. The van der Waals surface area contributed by atoms with E-state index in [1.54, 1.807) is 0 Å². The van der Waals surface area contributed by atoms with E-state index in [0.29, 0.717) is 5.92 Å². The molecule has 3 heterocycles. The molecule has 0 unspecified atom stereocenters. The van der Waals surface area contributed by atoms with Crippen molar-refractivity contribution < 1.29 is 4.74 Å². The topological polar surface area (TPSA) is 69.8 Å². The summed E-state index contributed by atoms with van der Waals surface area (Å²) in [5.41, 5.74) is 3.47. The van der Waals surface area contributed by atoms with Gasteiger partial charge in [0, 0.05) is 44.4 Å². The second-order valence-corrected chi connectivity index (χ2v) is 6.79. The molecule has 1 aromatic carbocycles. The average Bonchev–Trinajstić information content (AvgIpc) is 3.38. The fourth-order valence-electron chi connectivity index (χ4n) is 3.49. The highest BCUT2D eigenvalue weighted by atomic mass is 16.5. The van der Waals surface area contributed by atoms with E-state index in [4.69, 9.17) is 4.74 Å². The molecule has 0 bridgehead atoms. The van der Waals surface area contributed by atoms with Gasteiger partial charge in [-0.15, -0.1) is 5.10 Å². The van der Waals surface area contributed by atoms with Crippen molar-refractivity contribution >= 4 is 0 Å². The van der Waals surface area contributed by atoms with Gasteiger partial charge in [0.1, 0.15) is 0 Å². The second-order valence-electron chi connectivity index (χ2n) is 6.79. The summed E-state index contributed by atoms with van der Waals surface area (Å²) in [5, 5.41) is 16.1. The zero-order chi connectivity index (χ0) is 17.8. The first-order valence-corrected chi connectivity index (χ1v) is 9.02. The van der Waals surface area contributed by atoms with Crippen molar-refractivity contribution in [2.24, 2.45) is 13.0 Å².